The molecule has 6 aromatic carbocycles. The standard InChI is InChI=1S/C29H36N4O2.C16H12Cl2/c1-19(2)28(34)32-17-9-15-30-26-22-12-6-7-13-23(22)27(25-21(5)11-8-14-24(25)26)31-16-10-18-33-29(35)20(3)4;17-9-15-11-5-1-2-6-12(11)16(10-18)14-8-4-3-7-13(14)15/h6-8,11-14,30-31H,1,3,9-10,15-18H2,2,4-5H3,(H,32,34)(H,33,35);1-8H,9-10H2. The van der Waals surface area contributed by atoms with Crippen LogP contribution >= 0.6 is 23.2 Å². The zero-order valence-corrected chi connectivity index (χ0v) is 32.3. The van der Waals surface area contributed by atoms with Gasteiger partial charge in [-0.25, -0.2) is 0 Å². The summed E-state index contributed by atoms with van der Waals surface area (Å²) in [5.74, 6) is 0.824. The van der Waals surface area contributed by atoms with Crippen molar-refractivity contribution in [2.45, 2.75) is 45.4 Å². The van der Waals surface area contributed by atoms with E-state index in [2.05, 4.69) is 108 Å². The molecule has 4 N–H and O–H groups in total. The molecule has 6 aromatic rings. The molecular weight excluding hydrogens is 699 g/mol. The molecule has 8 heteroatoms. The Labute approximate surface area is 322 Å². The van der Waals surface area contributed by atoms with E-state index in [1.54, 1.807) is 13.8 Å². The molecular formula is C45H48Cl2N4O2. The summed E-state index contributed by atoms with van der Waals surface area (Å²) >= 11 is 12.3. The summed E-state index contributed by atoms with van der Waals surface area (Å²) in [6.07, 6.45) is 1.60. The van der Waals surface area contributed by atoms with Gasteiger partial charge in [0.2, 0.25) is 11.8 Å². The maximum Gasteiger partial charge on any atom is 0.246 e. The largest absolute Gasteiger partial charge is 0.384 e. The number of hydrogen-bond donors (Lipinski definition) is 4. The number of alkyl halides is 2. The number of anilines is 2. The molecule has 0 unspecified atom stereocenters. The van der Waals surface area contributed by atoms with Crippen LogP contribution in [0, 0.1) is 6.92 Å². The van der Waals surface area contributed by atoms with Crippen LogP contribution in [-0.4, -0.2) is 38.0 Å². The van der Waals surface area contributed by atoms with Crippen molar-refractivity contribution in [3.63, 3.8) is 0 Å². The van der Waals surface area contributed by atoms with Gasteiger partial charge >= 0.3 is 0 Å². The highest BCUT2D eigenvalue weighted by atomic mass is 35.5. The lowest BCUT2D eigenvalue weighted by molar-refractivity contribution is -0.118. The molecule has 0 aliphatic heterocycles. The Kier molecular flexibility index (Phi) is 13.8. The van der Waals surface area contributed by atoms with Crippen LogP contribution in [0.25, 0.3) is 43.1 Å². The third-order valence-corrected chi connectivity index (χ3v) is 9.87. The van der Waals surface area contributed by atoms with Crippen molar-refractivity contribution in [2.24, 2.45) is 0 Å². The Hall–Kier alpha value is -5.04. The third-order valence-electron chi connectivity index (χ3n) is 9.34. The van der Waals surface area contributed by atoms with Gasteiger partial charge in [-0.05, 0) is 71.8 Å². The Morgan fingerprint density at radius 1 is 0.528 bits per heavy atom. The maximum absolute atomic E-state index is 11.7. The zero-order valence-electron chi connectivity index (χ0n) is 30.8. The van der Waals surface area contributed by atoms with Gasteiger partial charge in [-0.2, -0.15) is 0 Å². The third kappa shape index (κ3) is 9.13. The van der Waals surface area contributed by atoms with Crippen LogP contribution in [-0.2, 0) is 21.3 Å². The van der Waals surface area contributed by atoms with Crippen molar-refractivity contribution in [1.82, 2.24) is 10.6 Å². The molecule has 0 aromatic heterocycles. The molecule has 0 fully saturated rings. The SMILES string of the molecule is C=C(C)C(=O)NCCCNc1c2ccccc2c(NCCCNC(=O)C(=C)C)c2c(C)cccc12.ClCc1c2ccccc2c(CCl)c2ccccc12. The topological polar surface area (TPSA) is 82.3 Å². The fraction of sp³-hybridized carbons (Fsp3) is 0.244. The summed E-state index contributed by atoms with van der Waals surface area (Å²) < 4.78 is 0. The summed E-state index contributed by atoms with van der Waals surface area (Å²) in [5.41, 5.74) is 6.83. The first-order chi connectivity index (χ1) is 25.7. The Morgan fingerprint density at radius 3 is 1.32 bits per heavy atom. The van der Waals surface area contributed by atoms with E-state index in [-0.39, 0.29) is 11.8 Å². The number of hydrogen-bond acceptors (Lipinski definition) is 4. The van der Waals surface area contributed by atoms with Gasteiger partial charge in [0.25, 0.3) is 0 Å². The fourth-order valence-corrected chi connectivity index (χ4v) is 7.26. The average Bonchev–Trinajstić information content (AvgIpc) is 3.17. The highest BCUT2D eigenvalue weighted by Gasteiger charge is 2.16. The van der Waals surface area contributed by atoms with Crippen molar-refractivity contribution < 1.29 is 9.59 Å². The zero-order chi connectivity index (χ0) is 37.9. The second kappa shape index (κ2) is 18.6. The molecule has 0 bridgehead atoms. The van der Waals surface area contributed by atoms with Gasteiger partial charge in [-0.3, -0.25) is 9.59 Å². The normalized spacial score (nSPS) is 10.9. The molecule has 0 saturated carbocycles. The van der Waals surface area contributed by atoms with Crippen molar-refractivity contribution in [3.8, 4) is 0 Å². The molecule has 0 aliphatic rings. The minimum Gasteiger partial charge on any atom is -0.384 e. The van der Waals surface area contributed by atoms with Gasteiger partial charge in [0.15, 0.2) is 0 Å². The highest BCUT2D eigenvalue weighted by Crippen LogP contribution is 2.41. The minimum atomic E-state index is -0.105. The van der Waals surface area contributed by atoms with Crippen molar-refractivity contribution in [2.75, 3.05) is 36.8 Å². The van der Waals surface area contributed by atoms with E-state index >= 15 is 0 Å². The van der Waals surface area contributed by atoms with Crippen LogP contribution < -0.4 is 21.3 Å². The van der Waals surface area contributed by atoms with E-state index in [1.807, 2.05) is 24.3 Å². The van der Waals surface area contributed by atoms with Crippen LogP contribution in [0.15, 0.2) is 115 Å². The summed E-state index contributed by atoms with van der Waals surface area (Å²) in [7, 11) is 0. The predicted molar refractivity (Wildman–Crippen MR) is 229 cm³/mol. The van der Waals surface area contributed by atoms with Crippen LogP contribution in [0.5, 0.6) is 0 Å². The van der Waals surface area contributed by atoms with Crippen molar-refractivity contribution >= 4 is 89.5 Å². The fourth-order valence-electron chi connectivity index (χ4n) is 6.69. The predicted octanol–water partition coefficient (Wildman–Crippen LogP) is 10.8. The van der Waals surface area contributed by atoms with E-state index in [4.69, 9.17) is 23.2 Å². The van der Waals surface area contributed by atoms with Crippen LogP contribution in [0.2, 0.25) is 0 Å². The number of fused-ring (bicyclic) bond motifs is 4. The summed E-state index contributed by atoms with van der Waals surface area (Å²) in [4.78, 5) is 23.5. The van der Waals surface area contributed by atoms with E-state index in [9.17, 15) is 9.59 Å². The van der Waals surface area contributed by atoms with E-state index < -0.39 is 0 Å². The highest BCUT2D eigenvalue weighted by molar-refractivity contribution is 6.23. The number of benzene rings is 6. The van der Waals surface area contributed by atoms with Gasteiger partial charge in [-0.1, -0.05) is 104 Å². The van der Waals surface area contributed by atoms with Gasteiger partial charge in [0, 0.05) is 70.6 Å². The smallest absolute Gasteiger partial charge is 0.246 e. The number of carbonyl (C=O) groups is 2. The lowest BCUT2D eigenvalue weighted by atomic mass is 9.93. The van der Waals surface area contributed by atoms with Gasteiger partial charge in [0.05, 0.1) is 11.4 Å². The molecule has 274 valence electrons. The van der Waals surface area contributed by atoms with Crippen LogP contribution in [0.4, 0.5) is 11.4 Å². The van der Waals surface area contributed by atoms with Crippen molar-refractivity contribution in [3.05, 3.63) is 132 Å². The monoisotopic (exact) mass is 746 g/mol. The molecule has 0 aliphatic carbocycles. The van der Waals surface area contributed by atoms with Gasteiger partial charge in [-0.15, -0.1) is 23.2 Å². The number of carbonyl (C=O) groups excluding carboxylic acids is 2. The summed E-state index contributed by atoms with van der Waals surface area (Å²) in [6.45, 7) is 15.6. The first-order valence-electron chi connectivity index (χ1n) is 18.0. The van der Waals surface area contributed by atoms with E-state index in [1.165, 1.54) is 43.6 Å². The first kappa shape index (κ1) is 39.2. The molecule has 2 amide bonds. The molecule has 0 heterocycles. The lowest BCUT2D eigenvalue weighted by Gasteiger charge is -2.20. The molecule has 0 spiro atoms. The maximum atomic E-state index is 11.7. The first-order valence-corrected chi connectivity index (χ1v) is 19.1. The minimum absolute atomic E-state index is 0.105. The number of nitrogens with one attached hydrogen (secondary N) is 4. The average molecular weight is 748 g/mol. The molecule has 6 rings (SSSR count). The Bertz CT molecular complexity index is 2180. The Balaban J connectivity index is 0.000000250. The molecule has 0 atom stereocenters. The van der Waals surface area contributed by atoms with Gasteiger partial charge < -0.3 is 21.3 Å². The second-order valence-corrected chi connectivity index (χ2v) is 13.8. The molecule has 53 heavy (non-hydrogen) atoms. The molecule has 0 saturated heterocycles. The van der Waals surface area contributed by atoms with Crippen LogP contribution in [0.3, 0.4) is 0 Å². The van der Waals surface area contributed by atoms with Gasteiger partial charge in [0.1, 0.15) is 0 Å². The van der Waals surface area contributed by atoms with Crippen LogP contribution in [0.1, 0.15) is 43.4 Å². The van der Waals surface area contributed by atoms with Crippen molar-refractivity contribution in [1.29, 1.82) is 0 Å². The summed E-state index contributed by atoms with van der Waals surface area (Å²) in [5, 5.41) is 22.5. The Morgan fingerprint density at radius 2 is 0.906 bits per heavy atom. The summed E-state index contributed by atoms with van der Waals surface area (Å²) in [6, 6.07) is 31.4. The number of aryl methyl sites for hydroxylation is 1. The van der Waals surface area contributed by atoms with E-state index in [0.717, 1.165) is 53.5 Å². The van der Waals surface area contributed by atoms with E-state index in [0.29, 0.717) is 36.0 Å². The second-order valence-electron chi connectivity index (χ2n) is 13.2. The molecule has 6 nitrogen and oxygen atoms in total. The lowest BCUT2D eigenvalue weighted by Crippen LogP contribution is -2.26. The quantitative estimate of drug-likeness (QED) is 0.0294. The molecule has 0 radical (unpaired) electrons. The number of rotatable bonds is 14. The number of halogens is 2. The number of amides is 2.